The van der Waals surface area contributed by atoms with E-state index in [-0.39, 0.29) is 68.7 Å². The van der Waals surface area contributed by atoms with Crippen molar-refractivity contribution in [3.05, 3.63) is 34.4 Å². The molecule has 28 heteroatoms. The highest BCUT2D eigenvalue weighted by Gasteiger charge is 2.19. The number of aliphatic carboxylic acids is 1. The number of unbranched alkanes of at least 4 members (excludes halogenated alkanes) is 4. The number of amides is 3. The number of aliphatic hydroxyl groups excluding tert-OH is 2. The summed E-state index contributed by atoms with van der Waals surface area (Å²) < 4.78 is 14.5. The number of rotatable bonds is 32. The van der Waals surface area contributed by atoms with E-state index in [1.54, 1.807) is 0 Å². The number of ether oxygens (including phenoxy) is 3. The zero-order valence-electron chi connectivity index (χ0n) is 44.2. The van der Waals surface area contributed by atoms with Crippen LogP contribution in [0.5, 0.6) is 5.75 Å². The maximum Gasteiger partial charge on any atom is 0.513 e. The van der Waals surface area contributed by atoms with E-state index in [0.717, 1.165) is 78.8 Å². The van der Waals surface area contributed by atoms with E-state index in [9.17, 15) is 38.9 Å². The highest BCUT2D eigenvalue weighted by Crippen LogP contribution is 2.42. The van der Waals surface area contributed by atoms with Crippen LogP contribution in [-0.4, -0.2) is 159 Å². The number of hydrogen-bond donors (Lipinski definition) is 8. The third-order valence-electron chi connectivity index (χ3n) is 10.9. The summed E-state index contributed by atoms with van der Waals surface area (Å²) in [5.41, 5.74) is 9.76. The van der Waals surface area contributed by atoms with Gasteiger partial charge >= 0.3 is 18.1 Å². The number of carboxylic acid groups (broad SMARTS) is 1. The first-order chi connectivity index (χ1) is 37.3. The number of nitrogens with one attached hydrogen (secondary N) is 3. The average Bonchev–Trinajstić information content (AvgIpc) is 4.31. The Hall–Kier alpha value is -2.12. The van der Waals surface area contributed by atoms with Crippen molar-refractivity contribution in [3.8, 4) is 5.75 Å². The number of carbonyl (C=O) groups excluding carboxylic acids is 5. The number of benzene rings is 1. The van der Waals surface area contributed by atoms with Gasteiger partial charge in [-0.1, -0.05) is 112 Å². The van der Waals surface area contributed by atoms with E-state index >= 15 is 0 Å². The quantitative estimate of drug-likeness (QED) is 0.00834. The van der Waals surface area contributed by atoms with Crippen molar-refractivity contribution < 1.29 is 63.2 Å². The van der Waals surface area contributed by atoms with Crippen LogP contribution in [0.1, 0.15) is 128 Å². The fourth-order valence-electron chi connectivity index (χ4n) is 6.84. The predicted octanol–water partition coefficient (Wildman–Crippen LogP) is 8.79. The summed E-state index contributed by atoms with van der Waals surface area (Å²) in [6, 6.07) is 5.08. The molecule has 20 nitrogen and oxygen atoms in total. The van der Waals surface area contributed by atoms with Crippen molar-refractivity contribution in [2.75, 3.05) is 82.2 Å². The Kier molecular flexibility index (Phi) is 48.1. The number of nitro groups is 1. The topological polar surface area (TPSA) is 322 Å². The second-order valence-electron chi connectivity index (χ2n) is 17.4. The summed E-state index contributed by atoms with van der Waals surface area (Å²) in [7, 11) is 15.7. The molecule has 0 bridgehead atoms. The Morgan fingerprint density at radius 1 is 0.571 bits per heavy atom. The maximum atomic E-state index is 11.7. The Morgan fingerprint density at radius 3 is 1.27 bits per heavy atom. The highest BCUT2D eigenvalue weighted by atomic mass is 33.1. The molecule has 0 spiro atoms. The van der Waals surface area contributed by atoms with E-state index in [1.807, 2.05) is 86.4 Å². The molecule has 77 heavy (non-hydrogen) atoms. The number of hydrogen-bond acceptors (Lipinski definition) is 23. The molecule has 4 unspecified atom stereocenters. The number of carbonyl (C=O) groups is 6. The third kappa shape index (κ3) is 44.2. The molecule has 4 atom stereocenters. The lowest BCUT2D eigenvalue weighted by Gasteiger charge is -2.08. The second-order valence-corrected chi connectivity index (χ2v) is 28.5. The molecule has 5 rings (SSSR count). The third-order valence-corrected chi connectivity index (χ3v) is 23.0. The van der Waals surface area contributed by atoms with Gasteiger partial charge in [0.15, 0.2) is 0 Å². The summed E-state index contributed by atoms with van der Waals surface area (Å²) in [5, 5.41) is 46.4. The molecule has 3 amide bonds. The lowest BCUT2D eigenvalue weighted by Crippen LogP contribution is -2.29. The minimum absolute atomic E-state index is 0.00646. The zero-order valence-corrected chi connectivity index (χ0v) is 50.7. The molecule has 442 valence electrons. The number of esters is 1. The van der Waals surface area contributed by atoms with E-state index in [4.69, 9.17) is 41.0 Å². The van der Waals surface area contributed by atoms with Gasteiger partial charge in [-0.15, -0.1) is 0 Å². The Morgan fingerprint density at radius 2 is 0.948 bits per heavy atom. The van der Waals surface area contributed by atoms with Crippen molar-refractivity contribution in [2.45, 2.75) is 149 Å². The fraction of sp³-hybridized carbons (Fsp3) is 0.755. The number of nitro benzene ring substituents is 1. The summed E-state index contributed by atoms with van der Waals surface area (Å²) in [6.07, 6.45) is 19.0. The van der Waals surface area contributed by atoms with Crippen LogP contribution in [0, 0.1) is 10.1 Å². The second kappa shape index (κ2) is 50.8. The summed E-state index contributed by atoms with van der Waals surface area (Å²) in [6.45, 7) is 1.52. The number of carboxylic acids is 1. The van der Waals surface area contributed by atoms with Gasteiger partial charge < -0.3 is 56.9 Å². The molecule has 0 radical (unpaired) electrons. The molecule has 4 aliphatic heterocycles. The fourth-order valence-corrected chi connectivity index (χ4v) is 19.0. The molecule has 4 aliphatic rings. The van der Waals surface area contributed by atoms with Crippen LogP contribution in [-0.2, 0) is 33.4 Å². The van der Waals surface area contributed by atoms with Crippen LogP contribution >= 0.6 is 86.4 Å². The lowest BCUT2D eigenvalue weighted by molar-refractivity contribution is -0.384. The standard InChI is InChI=1S/C17H22N2O6S2.C12H22N2O3S2.C10H19NO2S2.C8H14O2S2.C2H7NO/c20-16(4-2-1-3-15-9-12-26-27-15)18-10-11-24-17(21)25-14-7-5-13(6-8-14)19(22)23;13-9-12(16)17-7-6-14-11(15)4-2-1-3-10-5-8-18-19-10;12-7-6-11-10(13)4-2-1-3-9-5-8-14-15-9;9-8(10)4-2-1-3-7-5-6-11-12-7;3-1-2-4/h5-8,15H,1-4,9-12H2,(H,18,20);10H,1-9,13H2,(H,14,15);9,12H,1-8H2,(H,11,13);7H,1-6H2,(H,9,10);4H,1-3H2. The lowest BCUT2D eigenvalue weighted by atomic mass is 10.1. The van der Waals surface area contributed by atoms with Crippen molar-refractivity contribution >= 4 is 128 Å². The van der Waals surface area contributed by atoms with Crippen molar-refractivity contribution in [3.63, 3.8) is 0 Å². The van der Waals surface area contributed by atoms with Gasteiger partial charge in [-0.3, -0.25) is 34.1 Å². The minimum atomic E-state index is -0.926. The van der Waals surface area contributed by atoms with Gasteiger partial charge in [-0.2, -0.15) is 0 Å². The molecule has 4 saturated heterocycles. The Bertz CT molecular complexity index is 1730. The van der Waals surface area contributed by atoms with E-state index in [0.29, 0.717) is 45.3 Å². The summed E-state index contributed by atoms with van der Waals surface area (Å²) in [5.74, 6) is 4.11. The molecule has 1 aromatic rings. The summed E-state index contributed by atoms with van der Waals surface area (Å²) >= 11 is 0. The highest BCUT2D eigenvalue weighted by molar-refractivity contribution is 8.78. The predicted molar refractivity (Wildman–Crippen MR) is 323 cm³/mol. The zero-order chi connectivity index (χ0) is 56.6. The largest absolute Gasteiger partial charge is 0.513 e. The van der Waals surface area contributed by atoms with Crippen LogP contribution in [0.4, 0.5) is 10.5 Å². The number of nitrogens with zero attached hydrogens (tertiary/aromatic N) is 1. The molecule has 0 aliphatic carbocycles. The molecular weight excluding hydrogens is 1150 g/mol. The first kappa shape index (κ1) is 72.9. The van der Waals surface area contributed by atoms with Gasteiger partial charge in [-0.05, 0) is 89.2 Å². The van der Waals surface area contributed by atoms with Gasteiger partial charge in [0.2, 0.25) is 17.7 Å². The minimum Gasteiger partial charge on any atom is -0.481 e. The number of non-ortho nitro benzene ring substituents is 1. The molecule has 4 heterocycles. The van der Waals surface area contributed by atoms with E-state index in [1.165, 1.54) is 92.2 Å². The Labute approximate surface area is 486 Å². The molecule has 0 aromatic heterocycles. The van der Waals surface area contributed by atoms with Crippen LogP contribution < -0.4 is 32.2 Å². The van der Waals surface area contributed by atoms with Gasteiger partial charge in [-0.25, -0.2) is 4.79 Å². The number of nitrogens with two attached hydrogens (primary N) is 2. The molecule has 0 saturated carbocycles. The molecule has 4 fully saturated rings. The Balaban J connectivity index is 0.000000522. The van der Waals surface area contributed by atoms with Crippen LogP contribution in [0.2, 0.25) is 0 Å². The SMILES string of the molecule is NCC(=O)OCCNC(=O)CCCCC1CCSS1.NCCO.O=C(CCCCC1CCSS1)NCCO.O=C(CCCCC1CCSS1)NCCOC(=O)Oc1ccc([N+](=O)[O-])cc1.O=C(O)CCCCC1CCSS1. The summed E-state index contributed by atoms with van der Waals surface area (Å²) in [4.78, 5) is 76.8. The maximum absolute atomic E-state index is 11.7. The first-order valence-corrected chi connectivity index (χ1v) is 35.8. The molecule has 1 aromatic carbocycles. The van der Waals surface area contributed by atoms with Crippen molar-refractivity contribution in [1.82, 2.24) is 16.0 Å². The van der Waals surface area contributed by atoms with Gasteiger partial charge in [0.05, 0.1) is 37.8 Å². The van der Waals surface area contributed by atoms with Gasteiger partial charge in [0, 0.05) is 94.9 Å². The average molecular weight is 1240 g/mol. The monoisotopic (exact) mass is 1240 g/mol. The van der Waals surface area contributed by atoms with E-state index < -0.39 is 23.0 Å². The van der Waals surface area contributed by atoms with E-state index in [2.05, 4.69) is 16.0 Å². The van der Waals surface area contributed by atoms with Crippen LogP contribution in [0.3, 0.4) is 0 Å². The van der Waals surface area contributed by atoms with Gasteiger partial charge in [0.1, 0.15) is 19.0 Å². The smallest absolute Gasteiger partial charge is 0.481 e. The first-order valence-electron chi connectivity index (χ1n) is 26.3. The van der Waals surface area contributed by atoms with Crippen molar-refractivity contribution in [1.29, 1.82) is 0 Å². The van der Waals surface area contributed by atoms with Crippen molar-refractivity contribution in [2.24, 2.45) is 11.5 Å². The molecule has 10 N–H and O–H groups in total. The van der Waals surface area contributed by atoms with Crippen LogP contribution in [0.25, 0.3) is 0 Å². The normalized spacial score (nSPS) is 18.0. The molecular formula is C49H84N6O14S8. The van der Waals surface area contributed by atoms with Gasteiger partial charge in [0.25, 0.3) is 5.69 Å². The number of aliphatic hydroxyl groups is 2. The van der Waals surface area contributed by atoms with Crippen LogP contribution in [0.15, 0.2) is 24.3 Å².